The Morgan fingerprint density at radius 3 is 2.68 bits per heavy atom. The summed E-state index contributed by atoms with van der Waals surface area (Å²) in [7, 11) is 3.52. The third kappa shape index (κ3) is 4.85. The van der Waals surface area contributed by atoms with E-state index in [9.17, 15) is 0 Å². The van der Waals surface area contributed by atoms with Crippen LogP contribution in [0.15, 0.2) is 30.9 Å². The van der Waals surface area contributed by atoms with Crippen LogP contribution < -0.4 is 4.74 Å². The first-order valence-corrected chi connectivity index (χ1v) is 8.24. The van der Waals surface area contributed by atoms with Crippen LogP contribution in [0.5, 0.6) is 5.75 Å². The van der Waals surface area contributed by atoms with E-state index in [0.29, 0.717) is 0 Å². The van der Waals surface area contributed by atoms with Crippen LogP contribution >= 0.6 is 0 Å². The number of ether oxygens (including phenoxy) is 2. The molecule has 1 aromatic rings. The van der Waals surface area contributed by atoms with Crippen molar-refractivity contribution in [1.82, 2.24) is 4.90 Å². The molecule has 1 aliphatic rings. The molecule has 0 aliphatic carbocycles. The third-order valence-corrected chi connectivity index (χ3v) is 4.55. The monoisotopic (exact) mass is 303 g/mol. The Morgan fingerprint density at radius 2 is 2.05 bits per heavy atom. The first-order chi connectivity index (χ1) is 10.8. The predicted molar refractivity (Wildman–Crippen MR) is 91.4 cm³/mol. The second-order valence-electron chi connectivity index (χ2n) is 6.14. The average molecular weight is 303 g/mol. The summed E-state index contributed by atoms with van der Waals surface area (Å²) in [6.07, 6.45) is 6.58. The lowest BCUT2D eigenvalue weighted by Crippen LogP contribution is -2.33. The summed E-state index contributed by atoms with van der Waals surface area (Å²) in [4.78, 5) is 2.56. The second kappa shape index (κ2) is 8.96. The number of nitrogens with zero attached hydrogens (tertiary/aromatic N) is 1. The quantitative estimate of drug-likeness (QED) is 0.684. The maximum Gasteiger partial charge on any atom is 0.122 e. The molecule has 2 rings (SSSR count). The van der Waals surface area contributed by atoms with Gasteiger partial charge in [0.2, 0.25) is 0 Å². The van der Waals surface area contributed by atoms with E-state index in [1.165, 1.54) is 43.5 Å². The Hall–Kier alpha value is -1.32. The van der Waals surface area contributed by atoms with E-state index in [-0.39, 0.29) is 0 Å². The van der Waals surface area contributed by atoms with Crippen LogP contribution in [-0.4, -0.2) is 38.8 Å². The molecule has 1 aliphatic heterocycles. The van der Waals surface area contributed by atoms with Crippen molar-refractivity contribution in [3.63, 3.8) is 0 Å². The van der Waals surface area contributed by atoms with E-state index in [1.807, 2.05) is 6.08 Å². The molecule has 0 amide bonds. The number of hydrogen-bond donors (Lipinski definition) is 0. The molecule has 3 nitrogen and oxygen atoms in total. The third-order valence-electron chi connectivity index (χ3n) is 4.55. The van der Waals surface area contributed by atoms with Crippen molar-refractivity contribution in [3.8, 4) is 5.75 Å². The molecule has 0 spiro atoms. The molecule has 1 heterocycles. The van der Waals surface area contributed by atoms with Crippen molar-refractivity contribution in [2.24, 2.45) is 5.92 Å². The Bertz CT molecular complexity index is 465. The van der Waals surface area contributed by atoms with Crippen LogP contribution in [0, 0.1) is 5.92 Å². The Balaban J connectivity index is 1.89. The Kier molecular flexibility index (Phi) is 6.94. The van der Waals surface area contributed by atoms with Crippen LogP contribution in [-0.2, 0) is 17.7 Å². The molecule has 0 atom stereocenters. The fourth-order valence-corrected chi connectivity index (χ4v) is 3.22. The van der Waals surface area contributed by atoms with Gasteiger partial charge in [-0.05, 0) is 61.9 Å². The van der Waals surface area contributed by atoms with Gasteiger partial charge >= 0.3 is 0 Å². The standard InChI is InChI=1S/C19H29NO2/c1-4-5-18-14-17(6-7-19(18)22-3)15-20-11-8-16(9-12-20)10-13-21-2/h4,6-7,14,16H,1,5,8-13,15H2,2-3H3. The molecule has 0 N–H and O–H groups in total. The van der Waals surface area contributed by atoms with Gasteiger partial charge in [0.15, 0.2) is 0 Å². The van der Waals surface area contributed by atoms with Gasteiger partial charge in [-0.3, -0.25) is 4.90 Å². The van der Waals surface area contributed by atoms with Crippen molar-refractivity contribution < 1.29 is 9.47 Å². The highest BCUT2D eigenvalue weighted by Gasteiger charge is 2.19. The molecule has 0 radical (unpaired) electrons. The van der Waals surface area contributed by atoms with Crippen LogP contribution in [0.4, 0.5) is 0 Å². The van der Waals surface area contributed by atoms with Gasteiger partial charge in [0.1, 0.15) is 5.75 Å². The van der Waals surface area contributed by atoms with E-state index in [1.54, 1.807) is 14.2 Å². The lowest BCUT2D eigenvalue weighted by atomic mass is 9.93. The average Bonchev–Trinajstić information content (AvgIpc) is 2.55. The summed E-state index contributed by atoms with van der Waals surface area (Å²) in [5, 5.41) is 0. The fourth-order valence-electron chi connectivity index (χ4n) is 3.22. The number of methoxy groups -OCH3 is 2. The predicted octanol–water partition coefficient (Wildman–Crippen LogP) is 3.67. The van der Waals surface area contributed by atoms with E-state index < -0.39 is 0 Å². The lowest BCUT2D eigenvalue weighted by Gasteiger charge is -2.32. The normalized spacial score (nSPS) is 16.6. The second-order valence-corrected chi connectivity index (χ2v) is 6.14. The van der Waals surface area contributed by atoms with Crippen molar-refractivity contribution in [2.45, 2.75) is 32.2 Å². The molecule has 0 saturated carbocycles. The molecule has 0 bridgehead atoms. The molecule has 0 aromatic heterocycles. The number of piperidine rings is 1. The van der Waals surface area contributed by atoms with Gasteiger partial charge in [0, 0.05) is 20.3 Å². The summed E-state index contributed by atoms with van der Waals surface area (Å²) < 4.78 is 10.6. The first-order valence-electron chi connectivity index (χ1n) is 8.24. The minimum absolute atomic E-state index is 0.836. The Labute approximate surface area is 134 Å². The molecule has 3 heteroatoms. The van der Waals surface area contributed by atoms with Crippen molar-refractivity contribution in [2.75, 3.05) is 33.9 Å². The number of allylic oxidation sites excluding steroid dienone is 1. The zero-order chi connectivity index (χ0) is 15.8. The molecule has 122 valence electrons. The molecular formula is C19H29NO2. The first kappa shape index (κ1) is 17.0. The van der Waals surface area contributed by atoms with Gasteiger partial charge in [0.05, 0.1) is 7.11 Å². The van der Waals surface area contributed by atoms with Gasteiger partial charge in [0.25, 0.3) is 0 Å². The smallest absolute Gasteiger partial charge is 0.122 e. The minimum atomic E-state index is 0.836. The molecule has 22 heavy (non-hydrogen) atoms. The lowest BCUT2D eigenvalue weighted by molar-refractivity contribution is 0.132. The van der Waals surface area contributed by atoms with Crippen molar-refractivity contribution in [1.29, 1.82) is 0 Å². The summed E-state index contributed by atoms with van der Waals surface area (Å²) in [5.41, 5.74) is 2.60. The molecular weight excluding hydrogens is 274 g/mol. The number of benzene rings is 1. The van der Waals surface area contributed by atoms with Crippen LogP contribution in [0.2, 0.25) is 0 Å². The number of rotatable bonds is 8. The van der Waals surface area contributed by atoms with Gasteiger partial charge in [-0.25, -0.2) is 0 Å². The largest absolute Gasteiger partial charge is 0.496 e. The van der Waals surface area contributed by atoms with Gasteiger partial charge in [-0.1, -0.05) is 18.2 Å². The maximum atomic E-state index is 5.42. The fraction of sp³-hybridized carbons (Fsp3) is 0.579. The SMILES string of the molecule is C=CCc1cc(CN2CCC(CCOC)CC2)ccc1OC. The molecule has 1 aromatic carbocycles. The van der Waals surface area contributed by atoms with Crippen LogP contribution in [0.3, 0.4) is 0 Å². The number of likely N-dealkylation sites (tertiary alicyclic amines) is 1. The zero-order valence-corrected chi connectivity index (χ0v) is 14.0. The highest BCUT2D eigenvalue weighted by Crippen LogP contribution is 2.24. The molecule has 0 unspecified atom stereocenters. The van der Waals surface area contributed by atoms with Crippen molar-refractivity contribution >= 4 is 0 Å². The molecule has 1 saturated heterocycles. The van der Waals surface area contributed by atoms with E-state index in [0.717, 1.165) is 31.2 Å². The van der Waals surface area contributed by atoms with E-state index >= 15 is 0 Å². The van der Waals surface area contributed by atoms with Gasteiger partial charge < -0.3 is 9.47 Å². The zero-order valence-electron chi connectivity index (χ0n) is 14.0. The topological polar surface area (TPSA) is 21.7 Å². The summed E-state index contributed by atoms with van der Waals surface area (Å²) in [6, 6.07) is 6.53. The summed E-state index contributed by atoms with van der Waals surface area (Å²) in [6.45, 7) is 8.15. The Morgan fingerprint density at radius 1 is 1.27 bits per heavy atom. The van der Waals surface area contributed by atoms with E-state index in [2.05, 4.69) is 29.7 Å². The minimum Gasteiger partial charge on any atom is -0.496 e. The van der Waals surface area contributed by atoms with Gasteiger partial charge in [-0.15, -0.1) is 6.58 Å². The van der Waals surface area contributed by atoms with Gasteiger partial charge in [-0.2, -0.15) is 0 Å². The van der Waals surface area contributed by atoms with Crippen LogP contribution in [0.1, 0.15) is 30.4 Å². The maximum absolute atomic E-state index is 5.42. The van der Waals surface area contributed by atoms with E-state index in [4.69, 9.17) is 9.47 Å². The van der Waals surface area contributed by atoms with Crippen LogP contribution in [0.25, 0.3) is 0 Å². The van der Waals surface area contributed by atoms with Crippen molar-refractivity contribution in [3.05, 3.63) is 42.0 Å². The summed E-state index contributed by atoms with van der Waals surface area (Å²) >= 11 is 0. The molecule has 1 fully saturated rings. The summed E-state index contributed by atoms with van der Waals surface area (Å²) in [5.74, 6) is 1.80. The number of hydrogen-bond acceptors (Lipinski definition) is 3. The highest BCUT2D eigenvalue weighted by atomic mass is 16.5. The highest BCUT2D eigenvalue weighted by molar-refractivity contribution is 5.38.